The molecule has 9 heteroatoms. The van der Waals surface area contributed by atoms with Gasteiger partial charge in [0, 0.05) is 11.6 Å². The SMILES string of the molecule is C[C@@]1(O)[C@@H](CCc2ccc3ccc(N)nc3c2)O[C@@H](n2ccc3c(N)ncnc32)[C@@H]1O. The van der Waals surface area contributed by atoms with Crippen LogP contribution in [0.5, 0.6) is 0 Å². The number of benzene rings is 1. The molecule has 0 spiro atoms. The highest BCUT2D eigenvalue weighted by Crippen LogP contribution is 2.40. The molecule has 0 bridgehead atoms. The largest absolute Gasteiger partial charge is 0.385 e. The van der Waals surface area contributed by atoms with Gasteiger partial charge in [0.1, 0.15) is 35.3 Å². The maximum absolute atomic E-state index is 11.0. The number of rotatable bonds is 4. The standard InChI is InChI=1S/C22H24N6O3/c1-22(30)16(6-3-12-2-4-13-5-7-17(23)27-15(13)10-12)31-21(18(22)29)28-9-8-14-19(24)25-11-26-20(14)28/h2,4-5,7-11,16,18,21,29-30H,3,6H2,1H3,(H2,23,27)(H2,24,25,26)/t16-,18+,21-,22-/m1/s1. The lowest BCUT2D eigenvalue weighted by Crippen LogP contribution is -2.44. The number of aliphatic hydroxyl groups is 2. The van der Waals surface area contributed by atoms with Gasteiger partial charge in [-0.3, -0.25) is 0 Å². The second-order valence-electron chi connectivity index (χ2n) is 8.21. The van der Waals surface area contributed by atoms with Gasteiger partial charge in [-0.2, -0.15) is 0 Å². The van der Waals surface area contributed by atoms with Crippen LogP contribution in [0.2, 0.25) is 0 Å². The fourth-order valence-corrected chi connectivity index (χ4v) is 4.27. The first-order valence-corrected chi connectivity index (χ1v) is 10.1. The highest BCUT2D eigenvalue weighted by atomic mass is 16.6. The van der Waals surface area contributed by atoms with Gasteiger partial charge in [-0.15, -0.1) is 0 Å². The van der Waals surface area contributed by atoms with E-state index in [1.807, 2.05) is 24.3 Å². The van der Waals surface area contributed by atoms with Crippen molar-refractivity contribution < 1.29 is 14.9 Å². The average molecular weight is 420 g/mol. The quantitative estimate of drug-likeness (QED) is 0.391. The Balaban J connectivity index is 1.38. The summed E-state index contributed by atoms with van der Waals surface area (Å²) in [5.41, 5.74) is 12.7. The lowest BCUT2D eigenvalue weighted by atomic mass is 9.90. The Labute approximate surface area is 178 Å². The highest BCUT2D eigenvalue weighted by Gasteiger charge is 2.52. The van der Waals surface area contributed by atoms with E-state index in [2.05, 4.69) is 15.0 Å². The molecule has 4 aromatic rings. The van der Waals surface area contributed by atoms with E-state index in [1.165, 1.54) is 6.33 Å². The molecule has 0 unspecified atom stereocenters. The Bertz CT molecular complexity index is 1270. The molecule has 4 atom stereocenters. The number of aliphatic hydroxyl groups excluding tert-OH is 1. The molecule has 1 saturated heterocycles. The zero-order chi connectivity index (χ0) is 21.8. The first-order valence-electron chi connectivity index (χ1n) is 10.1. The van der Waals surface area contributed by atoms with Crippen LogP contribution in [0.15, 0.2) is 48.9 Å². The third-order valence-corrected chi connectivity index (χ3v) is 6.11. The van der Waals surface area contributed by atoms with Crippen LogP contribution in [-0.4, -0.2) is 47.5 Å². The Kier molecular flexibility index (Phi) is 4.54. The lowest BCUT2D eigenvalue weighted by molar-refractivity contribution is -0.0652. The number of hydrogen-bond donors (Lipinski definition) is 4. The van der Waals surface area contributed by atoms with E-state index >= 15 is 0 Å². The molecular weight excluding hydrogens is 396 g/mol. The maximum Gasteiger partial charge on any atom is 0.164 e. The van der Waals surface area contributed by atoms with E-state index < -0.39 is 24.0 Å². The summed E-state index contributed by atoms with van der Waals surface area (Å²) in [5, 5.41) is 23.6. The van der Waals surface area contributed by atoms with Crippen LogP contribution in [0.4, 0.5) is 11.6 Å². The number of hydrogen-bond acceptors (Lipinski definition) is 8. The van der Waals surface area contributed by atoms with Crippen LogP contribution in [0.1, 0.15) is 25.1 Å². The molecule has 5 rings (SSSR count). The van der Waals surface area contributed by atoms with Crippen molar-refractivity contribution in [3.05, 3.63) is 54.5 Å². The minimum Gasteiger partial charge on any atom is -0.385 e. The van der Waals surface area contributed by atoms with Gasteiger partial charge in [0.05, 0.1) is 17.0 Å². The van der Waals surface area contributed by atoms with E-state index in [4.69, 9.17) is 16.2 Å². The fourth-order valence-electron chi connectivity index (χ4n) is 4.27. The van der Waals surface area contributed by atoms with Crippen molar-refractivity contribution in [1.29, 1.82) is 0 Å². The van der Waals surface area contributed by atoms with Gasteiger partial charge in [-0.1, -0.05) is 12.1 Å². The average Bonchev–Trinajstić information content (AvgIpc) is 3.26. The van der Waals surface area contributed by atoms with Gasteiger partial charge in [-0.25, -0.2) is 15.0 Å². The topological polar surface area (TPSA) is 145 Å². The molecule has 6 N–H and O–H groups in total. The van der Waals surface area contributed by atoms with Gasteiger partial charge in [-0.05, 0) is 49.6 Å². The highest BCUT2D eigenvalue weighted by molar-refractivity contribution is 5.86. The number of nitrogens with two attached hydrogens (primary N) is 2. The minimum atomic E-state index is -1.43. The summed E-state index contributed by atoms with van der Waals surface area (Å²) in [7, 11) is 0. The van der Waals surface area contributed by atoms with Crippen molar-refractivity contribution in [1.82, 2.24) is 19.5 Å². The van der Waals surface area contributed by atoms with Gasteiger partial charge >= 0.3 is 0 Å². The molecule has 0 saturated carbocycles. The molecule has 1 fully saturated rings. The normalized spacial score (nSPS) is 26.1. The van der Waals surface area contributed by atoms with E-state index in [0.717, 1.165) is 16.5 Å². The first kappa shape index (κ1) is 19.7. The molecular formula is C22H24N6O3. The predicted molar refractivity (Wildman–Crippen MR) is 117 cm³/mol. The summed E-state index contributed by atoms with van der Waals surface area (Å²) < 4.78 is 7.83. The van der Waals surface area contributed by atoms with Crippen LogP contribution >= 0.6 is 0 Å². The van der Waals surface area contributed by atoms with Crippen molar-refractivity contribution >= 4 is 33.6 Å². The first-order chi connectivity index (χ1) is 14.8. The molecule has 160 valence electrons. The van der Waals surface area contributed by atoms with Crippen LogP contribution in [-0.2, 0) is 11.2 Å². The fraction of sp³-hybridized carbons (Fsp3) is 0.318. The number of aromatic nitrogens is 4. The zero-order valence-corrected chi connectivity index (χ0v) is 17.0. The summed E-state index contributed by atoms with van der Waals surface area (Å²) in [6, 6.07) is 11.5. The van der Waals surface area contributed by atoms with Crippen LogP contribution in [0, 0.1) is 0 Å². The molecule has 0 radical (unpaired) electrons. The molecule has 1 aromatic carbocycles. The molecule has 0 amide bonds. The number of pyridine rings is 1. The van der Waals surface area contributed by atoms with E-state index in [1.54, 1.807) is 29.8 Å². The number of ether oxygens (including phenoxy) is 1. The number of fused-ring (bicyclic) bond motifs is 2. The van der Waals surface area contributed by atoms with Crippen LogP contribution in [0.3, 0.4) is 0 Å². The van der Waals surface area contributed by atoms with E-state index in [0.29, 0.717) is 35.5 Å². The molecule has 0 aliphatic carbocycles. The molecule has 3 aromatic heterocycles. The smallest absolute Gasteiger partial charge is 0.164 e. The van der Waals surface area contributed by atoms with Gasteiger partial charge in [0.2, 0.25) is 0 Å². The maximum atomic E-state index is 11.0. The zero-order valence-electron chi connectivity index (χ0n) is 17.0. The van der Waals surface area contributed by atoms with Gasteiger partial charge < -0.3 is 31.0 Å². The lowest BCUT2D eigenvalue weighted by Gasteiger charge is -2.26. The summed E-state index contributed by atoms with van der Waals surface area (Å²) in [5.74, 6) is 0.825. The summed E-state index contributed by atoms with van der Waals surface area (Å²) >= 11 is 0. The second kappa shape index (κ2) is 7.16. The van der Waals surface area contributed by atoms with Crippen molar-refractivity contribution in [3.63, 3.8) is 0 Å². The monoisotopic (exact) mass is 420 g/mol. The molecule has 1 aliphatic heterocycles. The predicted octanol–water partition coefficient (Wildman–Crippen LogP) is 1.79. The third-order valence-electron chi connectivity index (χ3n) is 6.11. The Morgan fingerprint density at radius 1 is 1.16 bits per heavy atom. The molecule has 9 nitrogen and oxygen atoms in total. The number of nitrogen functional groups attached to an aromatic ring is 2. The van der Waals surface area contributed by atoms with Gasteiger partial charge in [0.15, 0.2) is 6.23 Å². The Morgan fingerprint density at radius 3 is 2.81 bits per heavy atom. The van der Waals surface area contributed by atoms with Crippen molar-refractivity contribution in [3.8, 4) is 0 Å². The Morgan fingerprint density at radius 2 is 1.97 bits per heavy atom. The molecule has 4 heterocycles. The van der Waals surface area contributed by atoms with E-state index in [-0.39, 0.29) is 0 Å². The molecule has 1 aliphatic rings. The van der Waals surface area contributed by atoms with Crippen molar-refractivity contribution in [2.45, 2.75) is 43.8 Å². The van der Waals surface area contributed by atoms with E-state index in [9.17, 15) is 10.2 Å². The minimum absolute atomic E-state index is 0.352. The summed E-state index contributed by atoms with van der Waals surface area (Å²) in [4.78, 5) is 12.6. The van der Waals surface area contributed by atoms with Crippen LogP contribution < -0.4 is 11.5 Å². The van der Waals surface area contributed by atoms with Gasteiger partial charge in [0.25, 0.3) is 0 Å². The van der Waals surface area contributed by atoms with Crippen molar-refractivity contribution in [2.24, 2.45) is 0 Å². The molecule has 31 heavy (non-hydrogen) atoms. The van der Waals surface area contributed by atoms with Crippen molar-refractivity contribution in [2.75, 3.05) is 11.5 Å². The van der Waals surface area contributed by atoms with Crippen LogP contribution in [0.25, 0.3) is 21.9 Å². The summed E-state index contributed by atoms with van der Waals surface area (Å²) in [6.45, 7) is 1.60. The number of aryl methyl sites for hydroxylation is 1. The second-order valence-corrected chi connectivity index (χ2v) is 8.21. The number of nitrogens with zero attached hydrogens (tertiary/aromatic N) is 4. The third kappa shape index (κ3) is 3.27. The summed E-state index contributed by atoms with van der Waals surface area (Å²) in [6.07, 6.45) is 1.77. The Hall–Kier alpha value is -3.27. The number of anilines is 2.